The Bertz CT molecular complexity index is 407. The van der Waals surface area contributed by atoms with E-state index in [-0.39, 0.29) is 11.9 Å². The van der Waals surface area contributed by atoms with Crippen LogP contribution in [-0.4, -0.2) is 28.1 Å². The Hall–Kier alpha value is -1.01. The maximum atomic E-state index is 12.2. The second kappa shape index (κ2) is 6.24. The lowest BCUT2D eigenvalue weighted by Gasteiger charge is -2.19. The Morgan fingerprint density at radius 2 is 2.39 bits per heavy atom. The van der Waals surface area contributed by atoms with Gasteiger partial charge in [0.25, 0.3) is 5.91 Å². The molecule has 1 heterocycles. The molecule has 0 aromatic carbocycles. The van der Waals surface area contributed by atoms with E-state index in [9.17, 15) is 4.79 Å². The fourth-order valence-electron chi connectivity index (χ4n) is 2.52. The lowest BCUT2D eigenvalue weighted by molar-refractivity contribution is 0.0932. The number of rotatable bonds is 5. The van der Waals surface area contributed by atoms with Crippen LogP contribution in [0.3, 0.4) is 0 Å². The summed E-state index contributed by atoms with van der Waals surface area (Å²) in [5.41, 5.74) is 6.54. The molecule has 1 aliphatic rings. The third-order valence-corrected chi connectivity index (χ3v) is 4.29. The molecule has 0 saturated heterocycles. The van der Waals surface area contributed by atoms with Crippen LogP contribution in [0.1, 0.15) is 48.0 Å². The number of amides is 1. The highest BCUT2D eigenvalue weighted by molar-refractivity contribution is 7.08. The SMILES string of the molecule is CCCc1nnsc1C(=O)NC1CCCC1CN. The van der Waals surface area contributed by atoms with Gasteiger partial charge < -0.3 is 11.1 Å². The highest BCUT2D eigenvalue weighted by Gasteiger charge is 2.28. The van der Waals surface area contributed by atoms with Gasteiger partial charge in [0.05, 0.1) is 5.69 Å². The van der Waals surface area contributed by atoms with Crippen LogP contribution in [0.4, 0.5) is 0 Å². The summed E-state index contributed by atoms with van der Waals surface area (Å²) in [6, 6.07) is 0.221. The van der Waals surface area contributed by atoms with Crippen molar-refractivity contribution in [2.75, 3.05) is 6.54 Å². The fourth-order valence-corrected chi connectivity index (χ4v) is 3.14. The molecule has 0 bridgehead atoms. The van der Waals surface area contributed by atoms with Gasteiger partial charge in [-0.1, -0.05) is 24.3 Å². The molecule has 1 saturated carbocycles. The zero-order chi connectivity index (χ0) is 13.0. The molecule has 1 fully saturated rings. The second-order valence-corrected chi connectivity index (χ2v) is 5.56. The van der Waals surface area contributed by atoms with Crippen molar-refractivity contribution in [1.29, 1.82) is 0 Å². The molecule has 0 spiro atoms. The van der Waals surface area contributed by atoms with Gasteiger partial charge in [-0.05, 0) is 43.3 Å². The molecule has 1 amide bonds. The van der Waals surface area contributed by atoms with Gasteiger partial charge in [-0.15, -0.1) is 5.10 Å². The standard InChI is InChI=1S/C12H20N4OS/c1-2-4-10-11(18-16-15-10)12(17)14-9-6-3-5-8(9)7-13/h8-9H,2-7,13H2,1H3,(H,14,17). The molecule has 18 heavy (non-hydrogen) atoms. The molecule has 5 nitrogen and oxygen atoms in total. The second-order valence-electron chi connectivity index (χ2n) is 4.81. The third-order valence-electron chi connectivity index (χ3n) is 3.53. The van der Waals surface area contributed by atoms with Crippen LogP contribution in [0.15, 0.2) is 0 Å². The van der Waals surface area contributed by atoms with Crippen molar-refractivity contribution >= 4 is 17.4 Å². The number of nitrogens with zero attached hydrogens (tertiary/aromatic N) is 2. The molecular weight excluding hydrogens is 248 g/mol. The summed E-state index contributed by atoms with van der Waals surface area (Å²) in [7, 11) is 0. The topological polar surface area (TPSA) is 80.9 Å². The van der Waals surface area contributed by atoms with Crippen molar-refractivity contribution < 1.29 is 4.79 Å². The van der Waals surface area contributed by atoms with Gasteiger partial charge in [0.15, 0.2) is 0 Å². The number of carbonyl (C=O) groups excluding carboxylic acids is 1. The lowest BCUT2D eigenvalue weighted by atomic mass is 10.0. The Kier molecular flexibility index (Phi) is 4.66. The van der Waals surface area contributed by atoms with Crippen molar-refractivity contribution in [2.45, 2.75) is 45.1 Å². The van der Waals surface area contributed by atoms with Gasteiger partial charge in [-0.25, -0.2) is 0 Å². The van der Waals surface area contributed by atoms with E-state index in [0.29, 0.717) is 17.3 Å². The molecule has 1 aromatic rings. The molecule has 1 aliphatic carbocycles. The van der Waals surface area contributed by atoms with E-state index in [1.807, 2.05) is 0 Å². The predicted molar refractivity (Wildman–Crippen MR) is 71.6 cm³/mol. The van der Waals surface area contributed by atoms with Crippen LogP contribution in [0.25, 0.3) is 0 Å². The third kappa shape index (κ3) is 2.87. The maximum absolute atomic E-state index is 12.2. The molecule has 0 radical (unpaired) electrons. The quantitative estimate of drug-likeness (QED) is 0.844. The number of carbonyl (C=O) groups is 1. The van der Waals surface area contributed by atoms with Crippen molar-refractivity contribution in [2.24, 2.45) is 11.7 Å². The van der Waals surface area contributed by atoms with E-state index in [0.717, 1.165) is 37.8 Å². The fraction of sp³-hybridized carbons (Fsp3) is 0.750. The van der Waals surface area contributed by atoms with Crippen LogP contribution in [-0.2, 0) is 6.42 Å². The van der Waals surface area contributed by atoms with E-state index < -0.39 is 0 Å². The minimum atomic E-state index is -0.0289. The minimum Gasteiger partial charge on any atom is -0.348 e. The summed E-state index contributed by atoms with van der Waals surface area (Å²) in [6.07, 6.45) is 5.08. The number of nitrogens with one attached hydrogen (secondary N) is 1. The predicted octanol–water partition coefficient (Wildman–Crippen LogP) is 1.35. The molecule has 2 unspecified atom stereocenters. The van der Waals surface area contributed by atoms with Crippen molar-refractivity contribution in [1.82, 2.24) is 14.9 Å². The number of nitrogens with two attached hydrogens (primary N) is 1. The average molecular weight is 268 g/mol. The number of hydrogen-bond donors (Lipinski definition) is 2. The molecule has 2 rings (SSSR count). The van der Waals surface area contributed by atoms with Crippen LogP contribution in [0.5, 0.6) is 0 Å². The molecule has 100 valence electrons. The van der Waals surface area contributed by atoms with Gasteiger partial charge in [0, 0.05) is 6.04 Å². The Balaban J connectivity index is 2.00. The summed E-state index contributed by atoms with van der Waals surface area (Å²) in [5, 5.41) is 7.12. The smallest absolute Gasteiger partial charge is 0.265 e. The number of hydrogen-bond acceptors (Lipinski definition) is 5. The summed E-state index contributed by atoms with van der Waals surface area (Å²) in [4.78, 5) is 12.9. The van der Waals surface area contributed by atoms with Gasteiger partial charge >= 0.3 is 0 Å². The first-order valence-corrected chi connectivity index (χ1v) is 7.35. The first-order valence-electron chi connectivity index (χ1n) is 6.58. The van der Waals surface area contributed by atoms with Crippen molar-refractivity contribution in [3.8, 4) is 0 Å². The first kappa shape index (κ1) is 13.4. The Labute approximate surface area is 111 Å². The van der Waals surface area contributed by atoms with E-state index in [1.165, 1.54) is 11.5 Å². The van der Waals surface area contributed by atoms with Crippen molar-refractivity contribution in [3.63, 3.8) is 0 Å². The van der Waals surface area contributed by atoms with Gasteiger partial charge in [0.1, 0.15) is 4.88 Å². The Morgan fingerprint density at radius 3 is 3.11 bits per heavy atom. The van der Waals surface area contributed by atoms with Crippen LogP contribution in [0, 0.1) is 5.92 Å². The monoisotopic (exact) mass is 268 g/mol. The first-order chi connectivity index (χ1) is 8.76. The van der Waals surface area contributed by atoms with E-state index in [4.69, 9.17) is 5.73 Å². The van der Waals surface area contributed by atoms with E-state index in [2.05, 4.69) is 21.8 Å². The van der Waals surface area contributed by atoms with Crippen LogP contribution >= 0.6 is 11.5 Å². The van der Waals surface area contributed by atoms with E-state index in [1.54, 1.807) is 0 Å². The highest BCUT2D eigenvalue weighted by Crippen LogP contribution is 2.25. The normalized spacial score (nSPS) is 23.2. The molecule has 3 N–H and O–H groups in total. The van der Waals surface area contributed by atoms with Crippen LogP contribution < -0.4 is 11.1 Å². The zero-order valence-corrected chi connectivity index (χ0v) is 11.5. The van der Waals surface area contributed by atoms with Gasteiger partial charge in [0.2, 0.25) is 0 Å². The number of aromatic nitrogens is 2. The number of aryl methyl sites for hydroxylation is 1. The molecule has 0 aliphatic heterocycles. The molecule has 1 aromatic heterocycles. The summed E-state index contributed by atoms with van der Waals surface area (Å²) >= 11 is 1.19. The molecule has 2 atom stereocenters. The minimum absolute atomic E-state index is 0.0289. The summed E-state index contributed by atoms with van der Waals surface area (Å²) in [5.74, 6) is 0.392. The van der Waals surface area contributed by atoms with Crippen molar-refractivity contribution in [3.05, 3.63) is 10.6 Å². The molecule has 6 heteroatoms. The zero-order valence-electron chi connectivity index (χ0n) is 10.7. The average Bonchev–Trinajstić information content (AvgIpc) is 2.98. The van der Waals surface area contributed by atoms with E-state index >= 15 is 0 Å². The maximum Gasteiger partial charge on any atom is 0.265 e. The lowest BCUT2D eigenvalue weighted by Crippen LogP contribution is -2.39. The summed E-state index contributed by atoms with van der Waals surface area (Å²) < 4.78 is 3.88. The van der Waals surface area contributed by atoms with Crippen LogP contribution in [0.2, 0.25) is 0 Å². The van der Waals surface area contributed by atoms with Gasteiger partial charge in [-0.3, -0.25) is 4.79 Å². The molecular formula is C12H20N4OS. The van der Waals surface area contributed by atoms with Gasteiger partial charge in [-0.2, -0.15) is 0 Å². The summed E-state index contributed by atoms with van der Waals surface area (Å²) in [6.45, 7) is 2.72. The largest absolute Gasteiger partial charge is 0.348 e. The highest BCUT2D eigenvalue weighted by atomic mass is 32.1. The Morgan fingerprint density at radius 1 is 1.56 bits per heavy atom.